The highest BCUT2D eigenvalue weighted by molar-refractivity contribution is 9.10. The number of hydrogen-bond donors (Lipinski definition) is 1. The second kappa shape index (κ2) is 8.54. The van der Waals surface area contributed by atoms with Gasteiger partial charge in [0, 0.05) is 17.6 Å². The fourth-order valence-electron chi connectivity index (χ4n) is 2.90. The van der Waals surface area contributed by atoms with E-state index in [1.54, 1.807) is 0 Å². The normalized spacial score (nSPS) is 15.9. The Labute approximate surface area is 136 Å². The summed E-state index contributed by atoms with van der Waals surface area (Å²) in [6.45, 7) is 6.11. The largest absolute Gasteiger partial charge is 0.342 e. The Bertz CT molecular complexity index is 458. The highest BCUT2D eigenvalue weighted by Crippen LogP contribution is 2.16. The van der Waals surface area contributed by atoms with Crippen LogP contribution in [0, 0.1) is 5.92 Å². The van der Waals surface area contributed by atoms with Crippen LogP contribution in [0.15, 0.2) is 28.7 Å². The molecule has 0 atom stereocenters. The maximum absolute atomic E-state index is 12.6. The predicted octanol–water partition coefficient (Wildman–Crippen LogP) is 3.23. The van der Waals surface area contributed by atoms with Crippen molar-refractivity contribution >= 4 is 21.8 Å². The molecular weight excluding hydrogens is 328 g/mol. The van der Waals surface area contributed by atoms with E-state index in [4.69, 9.17) is 0 Å². The molecule has 0 bridgehead atoms. The number of nitrogens with one attached hydrogen (secondary N) is 1. The highest BCUT2D eigenvalue weighted by atomic mass is 79.9. The zero-order chi connectivity index (χ0) is 15.1. The molecule has 2 rings (SSSR count). The van der Waals surface area contributed by atoms with Crippen molar-refractivity contribution in [3.05, 3.63) is 34.3 Å². The Morgan fingerprint density at radius 1 is 1.38 bits per heavy atom. The minimum absolute atomic E-state index is 0.258. The van der Waals surface area contributed by atoms with Crippen LogP contribution >= 0.6 is 15.9 Å². The summed E-state index contributed by atoms with van der Waals surface area (Å²) in [6.07, 6.45) is 3.90. The van der Waals surface area contributed by atoms with Gasteiger partial charge in [-0.1, -0.05) is 35.0 Å². The van der Waals surface area contributed by atoms with Gasteiger partial charge >= 0.3 is 0 Å². The number of benzene rings is 1. The van der Waals surface area contributed by atoms with E-state index in [0.717, 1.165) is 42.6 Å². The summed E-state index contributed by atoms with van der Waals surface area (Å²) >= 11 is 3.47. The van der Waals surface area contributed by atoms with Gasteiger partial charge in [-0.15, -0.1) is 0 Å². The van der Waals surface area contributed by atoms with Gasteiger partial charge in [0.1, 0.15) is 0 Å². The zero-order valence-corrected chi connectivity index (χ0v) is 14.4. The van der Waals surface area contributed by atoms with Crippen molar-refractivity contribution in [3.8, 4) is 0 Å². The van der Waals surface area contributed by atoms with Crippen LogP contribution in [0.3, 0.4) is 0 Å². The summed E-state index contributed by atoms with van der Waals surface area (Å²) < 4.78 is 1.04. The molecule has 0 aromatic heterocycles. The van der Waals surface area contributed by atoms with Crippen molar-refractivity contribution in [2.24, 2.45) is 5.92 Å². The topological polar surface area (TPSA) is 32.3 Å². The maximum atomic E-state index is 12.6. The number of halogens is 1. The van der Waals surface area contributed by atoms with Crippen molar-refractivity contribution in [1.82, 2.24) is 10.2 Å². The summed E-state index contributed by atoms with van der Waals surface area (Å²) in [5.74, 6) is 0.915. The minimum Gasteiger partial charge on any atom is -0.342 e. The number of nitrogens with zero attached hydrogens (tertiary/aromatic N) is 1. The molecule has 0 aliphatic carbocycles. The van der Waals surface area contributed by atoms with E-state index in [2.05, 4.69) is 33.1 Å². The molecule has 1 fully saturated rings. The third-order valence-corrected chi connectivity index (χ3v) is 4.52. The molecule has 1 aliphatic heterocycles. The van der Waals surface area contributed by atoms with Crippen LogP contribution < -0.4 is 5.32 Å². The Balaban J connectivity index is 1.94. The molecule has 0 radical (unpaired) electrons. The van der Waals surface area contributed by atoms with E-state index in [9.17, 15) is 4.79 Å². The van der Waals surface area contributed by atoms with Gasteiger partial charge < -0.3 is 10.2 Å². The molecule has 1 aliphatic rings. The van der Waals surface area contributed by atoms with E-state index < -0.39 is 0 Å². The minimum atomic E-state index is 0.258. The lowest BCUT2D eigenvalue weighted by Gasteiger charge is -2.30. The van der Waals surface area contributed by atoms with E-state index in [0.29, 0.717) is 12.3 Å². The van der Waals surface area contributed by atoms with E-state index in [1.165, 1.54) is 12.8 Å². The average molecular weight is 353 g/mol. The Morgan fingerprint density at radius 2 is 2.14 bits per heavy atom. The third kappa shape index (κ3) is 5.44. The molecule has 116 valence electrons. The van der Waals surface area contributed by atoms with Gasteiger partial charge in [0.25, 0.3) is 0 Å². The summed E-state index contributed by atoms with van der Waals surface area (Å²) in [4.78, 5) is 14.6. The summed E-state index contributed by atoms with van der Waals surface area (Å²) in [5.41, 5.74) is 1.08. The quantitative estimate of drug-likeness (QED) is 0.852. The smallest absolute Gasteiger partial charge is 0.226 e. The van der Waals surface area contributed by atoms with Gasteiger partial charge in [0.2, 0.25) is 5.91 Å². The van der Waals surface area contributed by atoms with Crippen LogP contribution in [-0.4, -0.2) is 37.0 Å². The molecule has 3 nitrogen and oxygen atoms in total. The summed E-state index contributed by atoms with van der Waals surface area (Å²) in [6, 6.07) is 8.04. The highest BCUT2D eigenvalue weighted by Gasteiger charge is 2.20. The molecular formula is C17H25BrN2O. The monoisotopic (exact) mass is 352 g/mol. The Kier molecular flexibility index (Phi) is 6.71. The lowest BCUT2D eigenvalue weighted by molar-refractivity contribution is -0.131. The van der Waals surface area contributed by atoms with Crippen LogP contribution in [0.5, 0.6) is 0 Å². The van der Waals surface area contributed by atoms with Gasteiger partial charge in [-0.2, -0.15) is 0 Å². The first kappa shape index (κ1) is 16.5. The van der Waals surface area contributed by atoms with Crippen molar-refractivity contribution < 1.29 is 4.79 Å². The SMILES string of the molecule is CCCN(CC1CCNCC1)C(=O)Cc1cccc(Br)c1. The van der Waals surface area contributed by atoms with Crippen LogP contribution in [0.25, 0.3) is 0 Å². The van der Waals surface area contributed by atoms with Crippen LogP contribution in [0.1, 0.15) is 31.7 Å². The van der Waals surface area contributed by atoms with Gasteiger partial charge in [-0.25, -0.2) is 0 Å². The zero-order valence-electron chi connectivity index (χ0n) is 12.8. The Morgan fingerprint density at radius 3 is 2.81 bits per heavy atom. The molecule has 1 heterocycles. The molecule has 4 heteroatoms. The molecule has 1 N–H and O–H groups in total. The summed E-state index contributed by atoms with van der Waals surface area (Å²) in [7, 11) is 0. The predicted molar refractivity (Wildman–Crippen MR) is 90.3 cm³/mol. The number of amides is 1. The van der Waals surface area contributed by atoms with Gasteiger partial charge in [0.15, 0.2) is 0 Å². The fraction of sp³-hybridized carbons (Fsp3) is 0.588. The molecule has 1 aromatic rings. The molecule has 0 unspecified atom stereocenters. The fourth-order valence-corrected chi connectivity index (χ4v) is 3.34. The standard InChI is InChI=1S/C17H25BrN2O/c1-2-10-20(13-14-6-8-19-9-7-14)17(21)12-15-4-3-5-16(18)11-15/h3-5,11,14,19H,2,6-10,12-13H2,1H3. The van der Waals surface area contributed by atoms with Crippen molar-refractivity contribution in [1.29, 1.82) is 0 Å². The molecule has 0 saturated carbocycles. The Hall–Kier alpha value is -0.870. The van der Waals surface area contributed by atoms with E-state index in [1.807, 2.05) is 24.3 Å². The second-order valence-electron chi connectivity index (χ2n) is 5.84. The van der Waals surface area contributed by atoms with Crippen LogP contribution in [-0.2, 0) is 11.2 Å². The van der Waals surface area contributed by atoms with Crippen LogP contribution in [0.4, 0.5) is 0 Å². The van der Waals surface area contributed by atoms with E-state index in [-0.39, 0.29) is 5.91 Å². The number of carbonyl (C=O) groups is 1. The average Bonchev–Trinajstić information content (AvgIpc) is 2.48. The summed E-state index contributed by atoms with van der Waals surface area (Å²) in [5, 5.41) is 3.39. The molecule has 0 spiro atoms. The van der Waals surface area contributed by atoms with Crippen LogP contribution in [0.2, 0.25) is 0 Å². The molecule has 1 amide bonds. The number of rotatable bonds is 6. The number of piperidine rings is 1. The van der Waals surface area contributed by atoms with Gasteiger partial charge in [0.05, 0.1) is 6.42 Å². The van der Waals surface area contributed by atoms with Crippen molar-refractivity contribution in [2.75, 3.05) is 26.2 Å². The molecule has 1 aromatic carbocycles. The van der Waals surface area contributed by atoms with E-state index >= 15 is 0 Å². The lowest BCUT2D eigenvalue weighted by atomic mass is 9.97. The molecule has 1 saturated heterocycles. The second-order valence-corrected chi connectivity index (χ2v) is 6.76. The third-order valence-electron chi connectivity index (χ3n) is 4.03. The first-order chi connectivity index (χ1) is 10.2. The number of carbonyl (C=O) groups excluding carboxylic acids is 1. The maximum Gasteiger partial charge on any atom is 0.226 e. The lowest BCUT2D eigenvalue weighted by Crippen LogP contribution is -2.40. The van der Waals surface area contributed by atoms with Gasteiger partial charge in [-0.05, 0) is 56.0 Å². The first-order valence-corrected chi connectivity index (χ1v) is 8.71. The van der Waals surface area contributed by atoms with Crippen molar-refractivity contribution in [3.63, 3.8) is 0 Å². The molecule has 21 heavy (non-hydrogen) atoms. The van der Waals surface area contributed by atoms with Gasteiger partial charge in [-0.3, -0.25) is 4.79 Å². The van der Waals surface area contributed by atoms with Crippen molar-refractivity contribution in [2.45, 2.75) is 32.6 Å². The first-order valence-electron chi connectivity index (χ1n) is 7.92. The number of hydrogen-bond acceptors (Lipinski definition) is 2.